The first-order valence-corrected chi connectivity index (χ1v) is 11.9. The van der Waals surface area contributed by atoms with E-state index in [9.17, 15) is 9.59 Å². The molecule has 0 bridgehead atoms. The van der Waals surface area contributed by atoms with Crippen molar-refractivity contribution in [3.63, 3.8) is 0 Å². The summed E-state index contributed by atoms with van der Waals surface area (Å²) in [6, 6.07) is 7.03. The van der Waals surface area contributed by atoms with Crippen LogP contribution in [-0.4, -0.2) is 61.6 Å². The second-order valence-electron chi connectivity index (χ2n) is 9.72. The molecule has 2 atom stereocenters. The molecule has 0 saturated carbocycles. The van der Waals surface area contributed by atoms with Crippen molar-refractivity contribution in [1.29, 1.82) is 0 Å². The first-order valence-electron chi connectivity index (χ1n) is 11.9. The summed E-state index contributed by atoms with van der Waals surface area (Å²) in [4.78, 5) is 31.1. The number of guanidine groups is 1. The highest BCUT2D eigenvalue weighted by Gasteiger charge is 2.35. The van der Waals surface area contributed by atoms with Gasteiger partial charge in [-0.05, 0) is 50.2 Å². The first kappa shape index (κ1) is 27.6. The Morgan fingerprint density at radius 1 is 1.12 bits per heavy atom. The Hall–Kier alpha value is -1.68. The summed E-state index contributed by atoms with van der Waals surface area (Å²) in [5, 5.41) is 6.70. The molecule has 1 aromatic rings. The second-order valence-corrected chi connectivity index (χ2v) is 9.72. The molecule has 1 aromatic carbocycles. The average molecular weight is 571 g/mol. The molecule has 0 radical (unpaired) electrons. The fraction of sp³-hybridized carbons (Fsp3) is 0.640. The van der Waals surface area contributed by atoms with Gasteiger partial charge < -0.3 is 15.4 Å². The van der Waals surface area contributed by atoms with Crippen molar-refractivity contribution < 1.29 is 14.3 Å². The number of amides is 2. The first-order chi connectivity index (χ1) is 15.3. The Bertz CT molecular complexity index is 802. The smallest absolute Gasteiger partial charge is 0.261 e. The number of hydrogen-bond acceptors (Lipinski definition) is 4. The summed E-state index contributed by atoms with van der Waals surface area (Å²) >= 11 is 0. The van der Waals surface area contributed by atoms with Crippen LogP contribution in [0.15, 0.2) is 29.3 Å². The topological polar surface area (TPSA) is 83.0 Å². The molecule has 8 heteroatoms. The van der Waals surface area contributed by atoms with Crippen LogP contribution in [-0.2, 0) is 4.74 Å². The predicted molar refractivity (Wildman–Crippen MR) is 142 cm³/mol. The van der Waals surface area contributed by atoms with E-state index in [0.717, 1.165) is 57.9 Å². The number of aliphatic imine (C=N–C) groups is 1. The van der Waals surface area contributed by atoms with E-state index >= 15 is 0 Å². The van der Waals surface area contributed by atoms with Gasteiger partial charge in [-0.3, -0.25) is 19.5 Å². The molecule has 2 aliphatic heterocycles. The van der Waals surface area contributed by atoms with Crippen LogP contribution in [0.25, 0.3) is 0 Å². The van der Waals surface area contributed by atoms with Crippen LogP contribution in [0, 0.1) is 11.3 Å². The summed E-state index contributed by atoms with van der Waals surface area (Å²) in [7, 11) is 0. The fourth-order valence-electron chi connectivity index (χ4n) is 4.58. The van der Waals surface area contributed by atoms with Crippen LogP contribution in [0.2, 0.25) is 0 Å². The molecule has 0 spiro atoms. The zero-order valence-electron chi connectivity index (χ0n) is 20.4. The maximum Gasteiger partial charge on any atom is 0.261 e. The normalized spacial score (nSPS) is 21.0. The number of carbonyl (C=O) groups excluding carboxylic acids is 2. The maximum atomic E-state index is 12.4. The van der Waals surface area contributed by atoms with Gasteiger partial charge in [0.25, 0.3) is 11.8 Å². The molecule has 3 rings (SSSR count). The van der Waals surface area contributed by atoms with E-state index in [1.807, 2.05) is 0 Å². The third kappa shape index (κ3) is 7.15. The second kappa shape index (κ2) is 12.7. The minimum absolute atomic E-state index is 0. The quantitative estimate of drug-likeness (QED) is 0.162. The number of rotatable bonds is 8. The number of imide groups is 1. The number of carbonyl (C=O) groups is 2. The Morgan fingerprint density at radius 3 is 2.39 bits per heavy atom. The minimum atomic E-state index is -0.184. The lowest BCUT2D eigenvalue weighted by molar-refractivity contribution is -0.0823. The van der Waals surface area contributed by atoms with E-state index in [4.69, 9.17) is 9.73 Å². The van der Waals surface area contributed by atoms with Crippen LogP contribution in [0.3, 0.4) is 0 Å². The predicted octanol–water partition coefficient (Wildman–Crippen LogP) is 4.08. The minimum Gasteiger partial charge on any atom is -0.377 e. The Labute approximate surface area is 215 Å². The molecule has 7 nitrogen and oxygen atoms in total. The van der Waals surface area contributed by atoms with Crippen molar-refractivity contribution in [2.24, 2.45) is 16.3 Å². The standard InChI is InChI=1S/C25H38N4O3.HI/c1-5-26-24(28-17-18-11-10-16-32-21(18)25(2,3)4)27-14-8-9-15-29-22(30)19-12-6-7-13-20(19)23(29)31;/h6-7,12-13,18,21H,5,8-11,14-17H2,1-4H3,(H2,26,27,28);1H. The largest absolute Gasteiger partial charge is 0.377 e. The van der Waals surface area contributed by atoms with Crippen molar-refractivity contribution in [3.05, 3.63) is 35.4 Å². The number of ether oxygens (including phenoxy) is 1. The summed E-state index contributed by atoms with van der Waals surface area (Å²) in [5.41, 5.74) is 1.13. The lowest BCUT2D eigenvalue weighted by Gasteiger charge is -2.39. The van der Waals surface area contributed by atoms with Crippen molar-refractivity contribution in [2.45, 2.75) is 59.5 Å². The van der Waals surface area contributed by atoms with Gasteiger partial charge in [0.05, 0.1) is 17.2 Å². The number of unbranched alkanes of at least 4 members (excludes halogenated alkanes) is 1. The molecule has 0 aromatic heterocycles. The van der Waals surface area contributed by atoms with Gasteiger partial charge in [-0.1, -0.05) is 32.9 Å². The monoisotopic (exact) mass is 570 g/mol. The summed E-state index contributed by atoms with van der Waals surface area (Å²) < 4.78 is 6.08. The van der Waals surface area contributed by atoms with Gasteiger partial charge in [0.1, 0.15) is 0 Å². The van der Waals surface area contributed by atoms with E-state index < -0.39 is 0 Å². The summed E-state index contributed by atoms with van der Waals surface area (Å²) in [6.45, 7) is 12.3. The van der Waals surface area contributed by atoms with Gasteiger partial charge in [0.15, 0.2) is 5.96 Å². The summed E-state index contributed by atoms with van der Waals surface area (Å²) in [5.74, 6) is 0.868. The molecule has 2 aliphatic rings. The van der Waals surface area contributed by atoms with Crippen molar-refractivity contribution in [3.8, 4) is 0 Å². The fourth-order valence-corrected chi connectivity index (χ4v) is 4.58. The van der Waals surface area contributed by atoms with E-state index in [1.165, 1.54) is 4.90 Å². The molecule has 0 aliphatic carbocycles. The molecule has 2 N–H and O–H groups in total. The van der Waals surface area contributed by atoms with E-state index in [0.29, 0.717) is 23.6 Å². The molecular weight excluding hydrogens is 531 g/mol. The van der Waals surface area contributed by atoms with Crippen LogP contribution >= 0.6 is 24.0 Å². The zero-order chi connectivity index (χ0) is 23.1. The Balaban J connectivity index is 0.00000385. The molecule has 33 heavy (non-hydrogen) atoms. The molecule has 2 heterocycles. The number of benzene rings is 1. The highest BCUT2D eigenvalue weighted by Crippen LogP contribution is 2.34. The highest BCUT2D eigenvalue weighted by molar-refractivity contribution is 14.0. The third-order valence-corrected chi connectivity index (χ3v) is 6.11. The van der Waals surface area contributed by atoms with Gasteiger partial charge in [0, 0.05) is 38.7 Å². The number of nitrogens with one attached hydrogen (secondary N) is 2. The van der Waals surface area contributed by atoms with Crippen molar-refractivity contribution >= 4 is 41.8 Å². The lowest BCUT2D eigenvalue weighted by Crippen LogP contribution is -2.43. The third-order valence-electron chi connectivity index (χ3n) is 6.11. The van der Waals surface area contributed by atoms with Gasteiger partial charge in [-0.15, -0.1) is 24.0 Å². The van der Waals surface area contributed by atoms with Crippen LogP contribution < -0.4 is 10.6 Å². The summed E-state index contributed by atoms with van der Waals surface area (Å²) in [6.07, 6.45) is 4.05. The molecule has 1 saturated heterocycles. The van der Waals surface area contributed by atoms with E-state index in [2.05, 4.69) is 38.3 Å². The number of hydrogen-bond donors (Lipinski definition) is 2. The lowest BCUT2D eigenvalue weighted by atomic mass is 9.78. The molecule has 184 valence electrons. The van der Waals surface area contributed by atoms with Crippen molar-refractivity contribution in [1.82, 2.24) is 15.5 Å². The molecule has 1 fully saturated rings. The van der Waals surface area contributed by atoms with Crippen molar-refractivity contribution in [2.75, 3.05) is 32.8 Å². The Kier molecular flexibility index (Phi) is 10.6. The zero-order valence-corrected chi connectivity index (χ0v) is 22.7. The van der Waals surface area contributed by atoms with Gasteiger partial charge in [-0.2, -0.15) is 0 Å². The SMILES string of the molecule is CCNC(=NCC1CCCOC1C(C)(C)C)NCCCCN1C(=O)c2ccccc2C1=O.I. The average Bonchev–Trinajstić information content (AvgIpc) is 3.01. The number of halogens is 1. The van der Waals surface area contributed by atoms with Gasteiger partial charge >= 0.3 is 0 Å². The molecule has 2 unspecified atom stereocenters. The van der Waals surface area contributed by atoms with Gasteiger partial charge in [0.2, 0.25) is 0 Å². The molecule has 2 amide bonds. The van der Waals surface area contributed by atoms with E-state index in [1.54, 1.807) is 24.3 Å². The highest BCUT2D eigenvalue weighted by atomic mass is 127. The Morgan fingerprint density at radius 2 is 1.79 bits per heavy atom. The maximum absolute atomic E-state index is 12.4. The van der Waals surface area contributed by atoms with Crippen LogP contribution in [0.4, 0.5) is 0 Å². The number of fused-ring (bicyclic) bond motifs is 1. The molecular formula is C25H39IN4O3. The van der Waals surface area contributed by atoms with Crippen LogP contribution in [0.1, 0.15) is 74.1 Å². The van der Waals surface area contributed by atoms with Crippen LogP contribution in [0.5, 0.6) is 0 Å². The van der Waals surface area contributed by atoms with Gasteiger partial charge in [-0.25, -0.2) is 0 Å². The number of nitrogens with zero attached hydrogens (tertiary/aromatic N) is 2. The van der Waals surface area contributed by atoms with E-state index in [-0.39, 0.29) is 47.3 Å².